The summed E-state index contributed by atoms with van der Waals surface area (Å²) in [4.78, 5) is 27.4. The summed E-state index contributed by atoms with van der Waals surface area (Å²) in [6, 6.07) is 3.53. The molecule has 2 heterocycles. The minimum Gasteiger partial charge on any atom is -0.381 e. The van der Waals surface area contributed by atoms with E-state index >= 15 is 0 Å². The van der Waals surface area contributed by atoms with Crippen molar-refractivity contribution in [3.05, 3.63) is 29.1 Å². The first-order chi connectivity index (χ1) is 9.08. The van der Waals surface area contributed by atoms with Crippen molar-refractivity contribution in [2.24, 2.45) is 5.92 Å². The van der Waals surface area contributed by atoms with Gasteiger partial charge in [-0.2, -0.15) is 0 Å². The summed E-state index contributed by atoms with van der Waals surface area (Å²) in [7, 11) is 0. The molecule has 5 nitrogen and oxygen atoms in total. The Hall–Kier alpha value is -1.75. The molecular weight excluding hydrogens is 244 g/mol. The van der Waals surface area contributed by atoms with Gasteiger partial charge in [0.1, 0.15) is 0 Å². The lowest BCUT2D eigenvalue weighted by molar-refractivity contribution is -0.125. The lowest BCUT2D eigenvalue weighted by Gasteiger charge is -2.10. The van der Waals surface area contributed by atoms with E-state index in [1.165, 1.54) is 6.92 Å². The zero-order valence-corrected chi connectivity index (χ0v) is 11.2. The number of carbonyl (C=O) groups excluding carboxylic acids is 2. The van der Waals surface area contributed by atoms with Crippen LogP contribution in [0.15, 0.2) is 12.1 Å². The number of amides is 1. The number of nitrogens with zero attached hydrogens (tertiary/aromatic N) is 1. The number of nitrogens with one attached hydrogen (secondary N) is 1. The van der Waals surface area contributed by atoms with E-state index in [0.29, 0.717) is 31.0 Å². The number of rotatable bonds is 4. The average Bonchev–Trinajstić information content (AvgIpc) is 2.89. The molecule has 0 radical (unpaired) electrons. The number of Topliss-reactive ketones (excluding diaryl/α,β-unsaturated/α-hetero) is 1. The molecule has 1 atom stereocenters. The summed E-state index contributed by atoms with van der Waals surface area (Å²) in [6.45, 7) is 4.86. The lowest BCUT2D eigenvalue weighted by atomic mass is 10.1. The fraction of sp³-hybridized carbons (Fsp3) is 0.500. The molecule has 1 aliphatic rings. The highest BCUT2D eigenvalue weighted by molar-refractivity contribution is 5.95. The standard InChI is InChI=1S/C14H18N2O3/c1-9-13(10(2)17)4-3-12(16-9)7-15-14(18)11-5-6-19-8-11/h3-4,11H,5-8H2,1-2H3,(H,15,18)/t11-/m1/s1. The third-order valence-corrected chi connectivity index (χ3v) is 3.27. The molecule has 1 aromatic rings. The van der Waals surface area contributed by atoms with Crippen LogP contribution < -0.4 is 5.32 Å². The minimum atomic E-state index is -0.0439. The number of aryl methyl sites for hydroxylation is 1. The van der Waals surface area contributed by atoms with Gasteiger partial charge >= 0.3 is 0 Å². The molecule has 5 heteroatoms. The Balaban J connectivity index is 1.94. The summed E-state index contributed by atoms with van der Waals surface area (Å²) in [5.41, 5.74) is 2.08. The van der Waals surface area contributed by atoms with Gasteiger partial charge in [-0.05, 0) is 32.4 Å². The van der Waals surface area contributed by atoms with Crippen LogP contribution in [0, 0.1) is 12.8 Å². The third-order valence-electron chi connectivity index (χ3n) is 3.27. The number of pyridine rings is 1. The van der Waals surface area contributed by atoms with Crippen molar-refractivity contribution < 1.29 is 14.3 Å². The summed E-state index contributed by atoms with van der Waals surface area (Å²) >= 11 is 0. The van der Waals surface area contributed by atoms with Crippen LogP contribution >= 0.6 is 0 Å². The summed E-state index contributed by atoms with van der Waals surface area (Å²) in [6.07, 6.45) is 0.779. The summed E-state index contributed by atoms with van der Waals surface area (Å²) in [5, 5.41) is 2.85. The Bertz CT molecular complexity index is 493. The number of carbonyl (C=O) groups is 2. The number of aromatic nitrogens is 1. The molecule has 0 aliphatic carbocycles. The first-order valence-corrected chi connectivity index (χ1v) is 6.41. The van der Waals surface area contributed by atoms with Crippen molar-refractivity contribution in [1.82, 2.24) is 10.3 Å². The number of ketones is 1. The van der Waals surface area contributed by atoms with Crippen LogP contribution in [-0.4, -0.2) is 29.9 Å². The molecular formula is C14H18N2O3. The Morgan fingerprint density at radius 2 is 2.26 bits per heavy atom. The Morgan fingerprint density at radius 3 is 2.84 bits per heavy atom. The van der Waals surface area contributed by atoms with Crippen LogP contribution in [0.5, 0.6) is 0 Å². The second-order valence-electron chi connectivity index (χ2n) is 4.77. The highest BCUT2D eigenvalue weighted by Crippen LogP contribution is 2.12. The number of hydrogen-bond donors (Lipinski definition) is 1. The molecule has 1 saturated heterocycles. The van der Waals surface area contributed by atoms with E-state index in [9.17, 15) is 9.59 Å². The fourth-order valence-corrected chi connectivity index (χ4v) is 2.15. The predicted octanol–water partition coefficient (Wildman–Crippen LogP) is 1.25. The van der Waals surface area contributed by atoms with E-state index in [1.54, 1.807) is 19.1 Å². The van der Waals surface area contributed by atoms with Crippen molar-refractivity contribution in [3.8, 4) is 0 Å². The van der Waals surface area contributed by atoms with Gasteiger partial charge in [0.05, 0.1) is 24.8 Å². The van der Waals surface area contributed by atoms with Gasteiger partial charge in [0.25, 0.3) is 0 Å². The SMILES string of the molecule is CC(=O)c1ccc(CNC(=O)[C@@H]2CCOC2)nc1C. The highest BCUT2D eigenvalue weighted by Gasteiger charge is 2.23. The largest absolute Gasteiger partial charge is 0.381 e. The van der Waals surface area contributed by atoms with Gasteiger partial charge in [-0.25, -0.2) is 0 Å². The van der Waals surface area contributed by atoms with Crippen molar-refractivity contribution in [3.63, 3.8) is 0 Å². The average molecular weight is 262 g/mol. The quantitative estimate of drug-likeness (QED) is 0.829. The van der Waals surface area contributed by atoms with Crippen molar-refractivity contribution in [2.45, 2.75) is 26.8 Å². The molecule has 1 N–H and O–H groups in total. The van der Waals surface area contributed by atoms with E-state index in [-0.39, 0.29) is 17.6 Å². The Labute approximate surface area is 112 Å². The summed E-state index contributed by atoms with van der Waals surface area (Å²) in [5.74, 6) is -0.0334. The van der Waals surface area contributed by atoms with Crippen molar-refractivity contribution >= 4 is 11.7 Å². The van der Waals surface area contributed by atoms with Crippen LogP contribution in [0.4, 0.5) is 0 Å². The second-order valence-corrected chi connectivity index (χ2v) is 4.77. The topological polar surface area (TPSA) is 68.3 Å². The molecule has 1 fully saturated rings. The molecule has 102 valence electrons. The van der Waals surface area contributed by atoms with E-state index in [1.807, 2.05) is 0 Å². The van der Waals surface area contributed by atoms with Crippen LogP contribution in [0.3, 0.4) is 0 Å². The molecule has 0 spiro atoms. The Kier molecular flexibility index (Phi) is 4.27. The van der Waals surface area contributed by atoms with Gasteiger partial charge in [-0.3, -0.25) is 14.6 Å². The number of hydrogen-bond acceptors (Lipinski definition) is 4. The molecule has 0 bridgehead atoms. The zero-order valence-electron chi connectivity index (χ0n) is 11.2. The normalized spacial score (nSPS) is 18.3. The first kappa shape index (κ1) is 13.7. The molecule has 0 saturated carbocycles. The lowest BCUT2D eigenvalue weighted by Crippen LogP contribution is -2.30. The summed E-state index contributed by atoms with van der Waals surface area (Å²) < 4.78 is 5.18. The van der Waals surface area contributed by atoms with Crippen molar-refractivity contribution in [2.75, 3.05) is 13.2 Å². The van der Waals surface area contributed by atoms with Gasteiger partial charge in [0, 0.05) is 17.9 Å². The van der Waals surface area contributed by atoms with Gasteiger partial charge in [-0.1, -0.05) is 0 Å². The maximum absolute atomic E-state index is 11.8. The fourth-order valence-electron chi connectivity index (χ4n) is 2.15. The third kappa shape index (κ3) is 3.38. The zero-order chi connectivity index (χ0) is 13.8. The highest BCUT2D eigenvalue weighted by atomic mass is 16.5. The number of ether oxygens (including phenoxy) is 1. The van der Waals surface area contributed by atoms with Crippen LogP contribution in [0.25, 0.3) is 0 Å². The molecule has 0 aromatic carbocycles. The minimum absolute atomic E-state index is 0.00342. The second kappa shape index (κ2) is 5.93. The smallest absolute Gasteiger partial charge is 0.225 e. The maximum Gasteiger partial charge on any atom is 0.225 e. The van der Waals surface area contributed by atoms with Gasteiger partial charge in [0.2, 0.25) is 5.91 Å². The van der Waals surface area contributed by atoms with Gasteiger partial charge in [0.15, 0.2) is 5.78 Å². The van der Waals surface area contributed by atoms with Crippen LogP contribution in [0.2, 0.25) is 0 Å². The predicted molar refractivity (Wildman–Crippen MR) is 69.8 cm³/mol. The van der Waals surface area contributed by atoms with Crippen LogP contribution in [0.1, 0.15) is 35.1 Å². The molecule has 1 aliphatic heterocycles. The maximum atomic E-state index is 11.8. The molecule has 19 heavy (non-hydrogen) atoms. The van der Waals surface area contributed by atoms with E-state index in [4.69, 9.17) is 4.74 Å². The van der Waals surface area contributed by atoms with Gasteiger partial charge in [-0.15, -0.1) is 0 Å². The van der Waals surface area contributed by atoms with E-state index in [2.05, 4.69) is 10.3 Å². The molecule has 1 amide bonds. The molecule has 2 rings (SSSR count). The van der Waals surface area contributed by atoms with E-state index in [0.717, 1.165) is 12.1 Å². The molecule has 1 aromatic heterocycles. The molecule has 0 unspecified atom stereocenters. The van der Waals surface area contributed by atoms with Crippen molar-refractivity contribution in [1.29, 1.82) is 0 Å². The van der Waals surface area contributed by atoms with E-state index < -0.39 is 0 Å². The Morgan fingerprint density at radius 1 is 1.47 bits per heavy atom. The monoisotopic (exact) mass is 262 g/mol. The first-order valence-electron chi connectivity index (χ1n) is 6.41. The van der Waals surface area contributed by atoms with Gasteiger partial charge < -0.3 is 10.1 Å². The van der Waals surface area contributed by atoms with Crippen LogP contribution in [-0.2, 0) is 16.1 Å².